The Morgan fingerprint density at radius 1 is 1.03 bits per heavy atom. The molecule has 2 amide bonds. The monoisotopic (exact) mass is 400 g/mol. The molecule has 0 bridgehead atoms. The number of amides is 2. The van der Waals surface area contributed by atoms with Crippen molar-refractivity contribution in [3.05, 3.63) is 78.4 Å². The number of aromatic nitrogens is 2. The smallest absolute Gasteiger partial charge is 0.287 e. The van der Waals surface area contributed by atoms with Crippen molar-refractivity contribution in [3.8, 4) is 11.3 Å². The molecule has 0 saturated heterocycles. The van der Waals surface area contributed by atoms with Crippen LogP contribution in [0.1, 0.15) is 23.0 Å². The number of aryl methyl sites for hydroxylation is 1. The number of benzene rings is 2. The molecular formula is C23H20N4O3. The van der Waals surface area contributed by atoms with Crippen molar-refractivity contribution in [1.82, 2.24) is 15.3 Å². The standard InChI is InChI=1S/C23H20N4O3/c1-14-9-10-16(20-13-24-17-6-3-4-7-18(17)26-20)12-19(14)27-22(28)15(2)25-23(29)21-8-5-11-30-21/h3-13,15H,1-2H3,(H,25,29)(H,27,28)/t15-/m1/s1. The van der Waals surface area contributed by atoms with E-state index in [9.17, 15) is 9.59 Å². The number of carbonyl (C=O) groups excluding carboxylic acids is 2. The highest BCUT2D eigenvalue weighted by atomic mass is 16.3. The minimum atomic E-state index is -0.744. The fourth-order valence-corrected chi connectivity index (χ4v) is 2.99. The highest BCUT2D eigenvalue weighted by Gasteiger charge is 2.19. The van der Waals surface area contributed by atoms with Crippen molar-refractivity contribution in [1.29, 1.82) is 0 Å². The summed E-state index contributed by atoms with van der Waals surface area (Å²) in [4.78, 5) is 33.8. The first-order valence-electron chi connectivity index (χ1n) is 9.49. The summed E-state index contributed by atoms with van der Waals surface area (Å²) >= 11 is 0. The van der Waals surface area contributed by atoms with Gasteiger partial charge in [0.1, 0.15) is 6.04 Å². The zero-order chi connectivity index (χ0) is 21.1. The summed E-state index contributed by atoms with van der Waals surface area (Å²) in [5.74, 6) is -0.623. The second-order valence-corrected chi connectivity index (χ2v) is 6.94. The molecule has 2 heterocycles. The van der Waals surface area contributed by atoms with Gasteiger partial charge in [0.15, 0.2) is 5.76 Å². The minimum Gasteiger partial charge on any atom is -0.459 e. The Labute approximate surface area is 173 Å². The van der Waals surface area contributed by atoms with Crippen molar-refractivity contribution >= 4 is 28.5 Å². The molecule has 1 atom stereocenters. The number of fused-ring (bicyclic) bond motifs is 1. The highest BCUT2D eigenvalue weighted by Crippen LogP contribution is 2.25. The van der Waals surface area contributed by atoms with Gasteiger partial charge in [-0.05, 0) is 49.7 Å². The summed E-state index contributed by atoms with van der Waals surface area (Å²) in [6, 6.07) is 15.8. The molecule has 0 fully saturated rings. The number of carbonyl (C=O) groups is 2. The Bertz CT molecular complexity index is 1220. The van der Waals surface area contributed by atoms with E-state index in [4.69, 9.17) is 4.42 Å². The molecule has 150 valence electrons. The number of anilines is 1. The maximum atomic E-state index is 12.6. The van der Waals surface area contributed by atoms with Gasteiger partial charge in [-0.1, -0.05) is 24.3 Å². The van der Waals surface area contributed by atoms with Crippen LogP contribution in [0.4, 0.5) is 5.69 Å². The first-order chi connectivity index (χ1) is 14.5. The van der Waals surface area contributed by atoms with Crippen LogP contribution in [0.3, 0.4) is 0 Å². The summed E-state index contributed by atoms with van der Waals surface area (Å²) < 4.78 is 5.05. The van der Waals surface area contributed by atoms with Crippen LogP contribution in [0, 0.1) is 6.92 Å². The summed E-state index contributed by atoms with van der Waals surface area (Å²) in [5.41, 5.74) is 4.71. The van der Waals surface area contributed by atoms with Crippen LogP contribution >= 0.6 is 0 Å². The third kappa shape index (κ3) is 4.05. The maximum absolute atomic E-state index is 12.6. The average Bonchev–Trinajstić information content (AvgIpc) is 3.30. The van der Waals surface area contributed by atoms with E-state index in [1.165, 1.54) is 12.3 Å². The first kappa shape index (κ1) is 19.3. The van der Waals surface area contributed by atoms with Gasteiger partial charge in [0.05, 0.1) is 29.2 Å². The van der Waals surface area contributed by atoms with Gasteiger partial charge in [0, 0.05) is 11.3 Å². The predicted molar refractivity (Wildman–Crippen MR) is 114 cm³/mol. The van der Waals surface area contributed by atoms with Gasteiger partial charge in [0.2, 0.25) is 5.91 Å². The van der Waals surface area contributed by atoms with Crippen LogP contribution in [0.5, 0.6) is 0 Å². The van der Waals surface area contributed by atoms with Crippen LogP contribution < -0.4 is 10.6 Å². The van der Waals surface area contributed by atoms with Crippen LogP contribution in [-0.4, -0.2) is 27.8 Å². The maximum Gasteiger partial charge on any atom is 0.287 e. The second kappa shape index (κ2) is 8.16. The van der Waals surface area contributed by atoms with E-state index in [2.05, 4.69) is 20.6 Å². The zero-order valence-electron chi connectivity index (χ0n) is 16.5. The van der Waals surface area contributed by atoms with E-state index in [1.807, 2.05) is 49.4 Å². The van der Waals surface area contributed by atoms with Crippen molar-refractivity contribution in [2.45, 2.75) is 19.9 Å². The highest BCUT2D eigenvalue weighted by molar-refractivity contribution is 6.00. The SMILES string of the molecule is Cc1ccc(-c2cnc3ccccc3n2)cc1NC(=O)[C@@H](C)NC(=O)c1ccco1. The van der Waals surface area contributed by atoms with Gasteiger partial charge < -0.3 is 15.1 Å². The van der Waals surface area contributed by atoms with Gasteiger partial charge in [-0.25, -0.2) is 4.98 Å². The first-order valence-corrected chi connectivity index (χ1v) is 9.49. The van der Waals surface area contributed by atoms with E-state index < -0.39 is 11.9 Å². The average molecular weight is 400 g/mol. The lowest BCUT2D eigenvalue weighted by Crippen LogP contribution is -2.41. The lowest BCUT2D eigenvalue weighted by atomic mass is 10.1. The summed E-state index contributed by atoms with van der Waals surface area (Å²) in [6.45, 7) is 3.52. The fourth-order valence-electron chi connectivity index (χ4n) is 2.99. The van der Waals surface area contributed by atoms with Crippen LogP contribution in [0.2, 0.25) is 0 Å². The second-order valence-electron chi connectivity index (χ2n) is 6.94. The van der Waals surface area contributed by atoms with E-state index in [0.29, 0.717) is 11.4 Å². The lowest BCUT2D eigenvalue weighted by Gasteiger charge is -2.15. The van der Waals surface area contributed by atoms with Crippen LogP contribution in [0.25, 0.3) is 22.3 Å². The summed E-state index contributed by atoms with van der Waals surface area (Å²) in [5, 5.41) is 5.50. The molecule has 2 aromatic carbocycles. The molecule has 2 N–H and O–H groups in total. The minimum absolute atomic E-state index is 0.155. The van der Waals surface area contributed by atoms with Crippen LogP contribution in [-0.2, 0) is 4.79 Å². The summed E-state index contributed by atoms with van der Waals surface area (Å²) in [6.07, 6.45) is 3.12. The van der Waals surface area contributed by atoms with E-state index in [-0.39, 0.29) is 11.7 Å². The number of hydrogen-bond acceptors (Lipinski definition) is 5. The predicted octanol–water partition coefficient (Wildman–Crippen LogP) is 3.96. The molecule has 0 radical (unpaired) electrons. The quantitative estimate of drug-likeness (QED) is 0.529. The molecule has 0 saturated carbocycles. The number of nitrogens with zero attached hydrogens (tertiary/aromatic N) is 2. The Kier molecular flexibility index (Phi) is 5.26. The van der Waals surface area contributed by atoms with E-state index >= 15 is 0 Å². The number of para-hydroxylation sites is 2. The molecule has 4 rings (SSSR count). The molecular weight excluding hydrogens is 380 g/mol. The van der Waals surface area contributed by atoms with Crippen molar-refractivity contribution in [2.24, 2.45) is 0 Å². The van der Waals surface area contributed by atoms with Gasteiger partial charge >= 0.3 is 0 Å². The van der Waals surface area contributed by atoms with Gasteiger partial charge in [-0.15, -0.1) is 0 Å². The largest absolute Gasteiger partial charge is 0.459 e. The number of rotatable bonds is 5. The number of nitrogens with one attached hydrogen (secondary N) is 2. The molecule has 4 aromatic rings. The molecule has 0 aliphatic heterocycles. The third-order valence-electron chi connectivity index (χ3n) is 4.73. The summed E-state index contributed by atoms with van der Waals surface area (Å²) in [7, 11) is 0. The van der Waals surface area contributed by atoms with E-state index in [1.54, 1.807) is 19.2 Å². The molecule has 0 aliphatic carbocycles. The molecule has 0 unspecified atom stereocenters. The molecule has 30 heavy (non-hydrogen) atoms. The zero-order valence-corrected chi connectivity index (χ0v) is 16.5. The molecule has 7 nitrogen and oxygen atoms in total. The van der Waals surface area contributed by atoms with Crippen LogP contribution in [0.15, 0.2) is 71.5 Å². The Hall–Kier alpha value is -4.00. The van der Waals surface area contributed by atoms with Crippen molar-refractivity contribution in [3.63, 3.8) is 0 Å². The topological polar surface area (TPSA) is 97.1 Å². The van der Waals surface area contributed by atoms with Crippen molar-refractivity contribution < 1.29 is 14.0 Å². The number of hydrogen-bond donors (Lipinski definition) is 2. The lowest BCUT2D eigenvalue weighted by molar-refractivity contribution is -0.117. The Morgan fingerprint density at radius 2 is 1.83 bits per heavy atom. The Balaban J connectivity index is 1.52. The molecule has 7 heteroatoms. The fraction of sp³-hybridized carbons (Fsp3) is 0.130. The van der Waals surface area contributed by atoms with Gasteiger partial charge in [0.25, 0.3) is 5.91 Å². The van der Waals surface area contributed by atoms with Gasteiger partial charge in [-0.2, -0.15) is 0 Å². The van der Waals surface area contributed by atoms with Gasteiger partial charge in [-0.3, -0.25) is 14.6 Å². The molecule has 2 aromatic heterocycles. The normalized spacial score (nSPS) is 11.8. The Morgan fingerprint density at radius 3 is 2.60 bits per heavy atom. The number of furan rings is 1. The van der Waals surface area contributed by atoms with E-state index in [0.717, 1.165) is 22.2 Å². The molecule has 0 aliphatic rings. The molecule has 0 spiro atoms. The van der Waals surface area contributed by atoms with Crippen molar-refractivity contribution in [2.75, 3.05) is 5.32 Å². The third-order valence-corrected chi connectivity index (χ3v) is 4.73.